The van der Waals surface area contributed by atoms with Gasteiger partial charge < -0.3 is 15.1 Å². The van der Waals surface area contributed by atoms with Crippen LogP contribution in [-0.2, 0) is 9.59 Å². The number of likely N-dealkylation sites (N-methyl/N-ethyl adjacent to an activating group) is 2. The second kappa shape index (κ2) is 8.00. The molecule has 5 nitrogen and oxygen atoms in total. The van der Waals surface area contributed by atoms with Crippen molar-refractivity contribution in [3.8, 4) is 0 Å². The molecule has 116 valence electrons. The highest BCUT2D eigenvalue weighted by atomic mass is 35.5. The van der Waals surface area contributed by atoms with Gasteiger partial charge in [0.25, 0.3) is 0 Å². The highest BCUT2D eigenvalue weighted by Gasteiger charge is 2.37. The number of para-hydroxylation sites is 1. The Morgan fingerprint density at radius 1 is 1.38 bits per heavy atom. The molecule has 1 aliphatic heterocycles. The average molecular weight is 312 g/mol. The molecule has 1 aromatic rings. The molecule has 21 heavy (non-hydrogen) atoms. The van der Waals surface area contributed by atoms with E-state index in [9.17, 15) is 9.59 Å². The molecule has 0 saturated carbocycles. The van der Waals surface area contributed by atoms with Gasteiger partial charge in [0.2, 0.25) is 11.8 Å². The molecule has 2 amide bonds. The van der Waals surface area contributed by atoms with Crippen molar-refractivity contribution in [2.45, 2.75) is 19.4 Å². The Balaban J connectivity index is 0.00000220. The minimum absolute atomic E-state index is 0. The first-order chi connectivity index (χ1) is 9.69. The van der Waals surface area contributed by atoms with Crippen LogP contribution in [0.15, 0.2) is 30.3 Å². The maximum absolute atomic E-state index is 12.5. The van der Waals surface area contributed by atoms with E-state index >= 15 is 0 Å². The van der Waals surface area contributed by atoms with Crippen molar-refractivity contribution in [2.75, 3.05) is 31.6 Å². The number of halogens is 1. The van der Waals surface area contributed by atoms with E-state index in [2.05, 4.69) is 5.32 Å². The summed E-state index contributed by atoms with van der Waals surface area (Å²) in [5.74, 6) is -0.00855. The molecule has 1 aromatic carbocycles. The van der Waals surface area contributed by atoms with Gasteiger partial charge in [0.15, 0.2) is 0 Å². The van der Waals surface area contributed by atoms with E-state index < -0.39 is 0 Å². The monoisotopic (exact) mass is 311 g/mol. The number of nitrogens with zero attached hydrogens (tertiary/aromatic N) is 2. The van der Waals surface area contributed by atoms with Crippen molar-refractivity contribution >= 4 is 29.9 Å². The second-order valence-corrected chi connectivity index (χ2v) is 4.84. The van der Waals surface area contributed by atoms with E-state index in [1.54, 1.807) is 16.8 Å². The van der Waals surface area contributed by atoms with Gasteiger partial charge in [-0.3, -0.25) is 9.59 Å². The van der Waals surface area contributed by atoms with Gasteiger partial charge in [-0.15, -0.1) is 12.4 Å². The summed E-state index contributed by atoms with van der Waals surface area (Å²) in [6, 6.07) is 9.27. The summed E-state index contributed by atoms with van der Waals surface area (Å²) in [5, 5.41) is 2.85. The van der Waals surface area contributed by atoms with Gasteiger partial charge >= 0.3 is 0 Å². The molecule has 6 heteroatoms. The number of nitrogens with one attached hydrogen (secondary N) is 1. The molecule has 0 aliphatic carbocycles. The van der Waals surface area contributed by atoms with Gasteiger partial charge in [0.05, 0.1) is 6.54 Å². The SMILES string of the molecule is CCN(C(=O)CNC)C1CCN(c2ccccc2)C1=O.Cl. The Bertz CT molecular complexity index is 481. The van der Waals surface area contributed by atoms with E-state index in [0.29, 0.717) is 19.5 Å². The third-order valence-corrected chi connectivity index (χ3v) is 3.61. The molecule has 1 unspecified atom stereocenters. The van der Waals surface area contributed by atoms with E-state index in [1.165, 1.54) is 0 Å². The van der Waals surface area contributed by atoms with Crippen molar-refractivity contribution in [1.82, 2.24) is 10.2 Å². The van der Waals surface area contributed by atoms with Gasteiger partial charge in [0, 0.05) is 18.8 Å². The highest BCUT2D eigenvalue weighted by molar-refractivity contribution is 6.01. The summed E-state index contributed by atoms with van der Waals surface area (Å²) >= 11 is 0. The summed E-state index contributed by atoms with van der Waals surface area (Å²) in [4.78, 5) is 28.0. The number of hydrogen-bond acceptors (Lipinski definition) is 3. The average Bonchev–Trinajstić information content (AvgIpc) is 2.83. The zero-order chi connectivity index (χ0) is 14.5. The van der Waals surface area contributed by atoms with Gasteiger partial charge in [0.1, 0.15) is 6.04 Å². The van der Waals surface area contributed by atoms with Crippen LogP contribution >= 0.6 is 12.4 Å². The van der Waals surface area contributed by atoms with Crippen molar-refractivity contribution < 1.29 is 9.59 Å². The largest absolute Gasteiger partial charge is 0.330 e. The Morgan fingerprint density at radius 3 is 2.62 bits per heavy atom. The minimum Gasteiger partial charge on any atom is -0.330 e. The van der Waals surface area contributed by atoms with E-state index in [0.717, 1.165) is 5.69 Å². The molecule has 2 rings (SSSR count). The fourth-order valence-electron chi connectivity index (χ4n) is 2.64. The van der Waals surface area contributed by atoms with Crippen molar-refractivity contribution in [2.24, 2.45) is 0 Å². The maximum atomic E-state index is 12.5. The number of rotatable bonds is 5. The fourth-order valence-corrected chi connectivity index (χ4v) is 2.64. The number of carbonyl (C=O) groups is 2. The normalized spacial score (nSPS) is 17.5. The third kappa shape index (κ3) is 3.74. The lowest BCUT2D eigenvalue weighted by Gasteiger charge is -2.27. The van der Waals surface area contributed by atoms with Gasteiger partial charge in [-0.05, 0) is 32.5 Å². The lowest BCUT2D eigenvalue weighted by atomic mass is 10.2. The first-order valence-electron chi connectivity index (χ1n) is 6.99. The Kier molecular flexibility index (Phi) is 6.65. The topological polar surface area (TPSA) is 52.7 Å². The van der Waals surface area contributed by atoms with Crippen LogP contribution in [0, 0.1) is 0 Å². The molecular formula is C15H22ClN3O2. The molecule has 0 radical (unpaired) electrons. The number of carbonyl (C=O) groups excluding carboxylic acids is 2. The Labute approximate surface area is 131 Å². The third-order valence-electron chi connectivity index (χ3n) is 3.61. The second-order valence-electron chi connectivity index (χ2n) is 4.84. The van der Waals surface area contributed by atoms with E-state index in [4.69, 9.17) is 0 Å². The molecule has 1 atom stereocenters. The number of anilines is 1. The van der Waals surface area contributed by atoms with Crippen LogP contribution in [0.3, 0.4) is 0 Å². The van der Waals surface area contributed by atoms with Crippen LogP contribution in [0.4, 0.5) is 5.69 Å². The van der Waals surface area contributed by atoms with Gasteiger partial charge in [-0.2, -0.15) is 0 Å². The highest BCUT2D eigenvalue weighted by Crippen LogP contribution is 2.24. The fraction of sp³-hybridized carbons (Fsp3) is 0.467. The van der Waals surface area contributed by atoms with Gasteiger partial charge in [-0.25, -0.2) is 0 Å². The quantitative estimate of drug-likeness (QED) is 0.891. The van der Waals surface area contributed by atoms with Crippen molar-refractivity contribution in [1.29, 1.82) is 0 Å². The predicted molar refractivity (Wildman–Crippen MR) is 85.8 cm³/mol. The Hall–Kier alpha value is -1.59. The lowest BCUT2D eigenvalue weighted by Crippen LogP contribution is -2.47. The van der Waals surface area contributed by atoms with E-state index in [1.807, 2.05) is 37.3 Å². The Morgan fingerprint density at radius 2 is 2.05 bits per heavy atom. The van der Waals surface area contributed by atoms with Crippen molar-refractivity contribution in [3.05, 3.63) is 30.3 Å². The molecule has 0 spiro atoms. The first-order valence-corrected chi connectivity index (χ1v) is 6.99. The molecule has 0 aromatic heterocycles. The maximum Gasteiger partial charge on any atom is 0.249 e. The standard InChI is InChI=1S/C15H21N3O2.ClH/c1-3-17(14(19)11-16-2)13-9-10-18(15(13)20)12-7-5-4-6-8-12;/h4-8,13,16H,3,9-11H2,1-2H3;1H. The number of benzene rings is 1. The molecular weight excluding hydrogens is 290 g/mol. The summed E-state index contributed by atoms with van der Waals surface area (Å²) in [6.07, 6.45) is 0.691. The predicted octanol–water partition coefficient (Wildman–Crippen LogP) is 1.28. The summed E-state index contributed by atoms with van der Waals surface area (Å²) in [6.45, 7) is 3.39. The van der Waals surface area contributed by atoms with Gasteiger partial charge in [-0.1, -0.05) is 18.2 Å². The molecule has 0 bridgehead atoms. The van der Waals surface area contributed by atoms with Crippen LogP contribution in [0.25, 0.3) is 0 Å². The summed E-state index contributed by atoms with van der Waals surface area (Å²) in [7, 11) is 1.73. The molecule has 1 heterocycles. The number of hydrogen-bond donors (Lipinski definition) is 1. The van der Waals surface area contributed by atoms with E-state index in [-0.39, 0.29) is 36.8 Å². The molecule has 1 saturated heterocycles. The summed E-state index contributed by atoms with van der Waals surface area (Å²) in [5.41, 5.74) is 0.900. The van der Waals surface area contributed by atoms with Crippen LogP contribution in [0.5, 0.6) is 0 Å². The molecule has 1 fully saturated rings. The number of amides is 2. The van der Waals surface area contributed by atoms with Crippen LogP contribution in [-0.4, -0.2) is 49.4 Å². The van der Waals surface area contributed by atoms with Crippen LogP contribution < -0.4 is 10.2 Å². The van der Waals surface area contributed by atoms with Crippen molar-refractivity contribution in [3.63, 3.8) is 0 Å². The first kappa shape index (κ1) is 17.5. The zero-order valence-corrected chi connectivity index (χ0v) is 13.2. The summed E-state index contributed by atoms with van der Waals surface area (Å²) < 4.78 is 0. The van der Waals surface area contributed by atoms with Crippen LogP contribution in [0.1, 0.15) is 13.3 Å². The van der Waals surface area contributed by atoms with Crippen LogP contribution in [0.2, 0.25) is 0 Å². The molecule has 1 N–H and O–H groups in total. The lowest BCUT2D eigenvalue weighted by molar-refractivity contribution is -0.137. The molecule has 1 aliphatic rings. The minimum atomic E-state index is -0.332. The smallest absolute Gasteiger partial charge is 0.249 e. The zero-order valence-electron chi connectivity index (χ0n) is 12.4.